The van der Waals surface area contributed by atoms with Crippen molar-refractivity contribution in [2.75, 3.05) is 21.7 Å². The molecule has 0 unspecified atom stereocenters. The minimum atomic E-state index is 0.396. The molecule has 6 nitrogen and oxygen atoms in total. The quantitative estimate of drug-likeness (QED) is 0.605. The number of hydrogen-bond acceptors (Lipinski definition) is 5. The highest BCUT2D eigenvalue weighted by Crippen LogP contribution is 2.42. The number of nitrogen functional groups attached to an aromatic ring is 1. The van der Waals surface area contributed by atoms with Gasteiger partial charge in [-0.3, -0.25) is 10.9 Å². The van der Waals surface area contributed by atoms with E-state index in [1.807, 2.05) is 30.3 Å². The van der Waals surface area contributed by atoms with Crippen molar-refractivity contribution >= 4 is 57.8 Å². The molecule has 2 aromatic carbocycles. The Balaban J connectivity index is 1.69. The van der Waals surface area contributed by atoms with Crippen LogP contribution in [0.5, 0.6) is 0 Å². The second-order valence-electron chi connectivity index (χ2n) is 5.13. The van der Waals surface area contributed by atoms with Gasteiger partial charge in [-0.05, 0) is 24.3 Å². The molecule has 0 aliphatic carbocycles. The van der Waals surface area contributed by atoms with Crippen LogP contribution in [0, 0.1) is 0 Å². The topological polar surface area (TPSA) is 71.1 Å². The number of nitrogens with one attached hydrogen (secondary N) is 2. The van der Waals surface area contributed by atoms with Gasteiger partial charge < -0.3 is 5.73 Å². The van der Waals surface area contributed by atoms with Crippen molar-refractivity contribution in [1.29, 1.82) is 0 Å². The lowest BCUT2D eigenvalue weighted by Crippen LogP contribution is -2.31. The van der Waals surface area contributed by atoms with Crippen LogP contribution in [0.25, 0.3) is 5.69 Å². The molecule has 0 spiro atoms. The molecular formula is C15H11Cl3N6. The molecule has 4 rings (SSSR count). The molecule has 3 aromatic rings. The minimum Gasteiger partial charge on any atom is -0.382 e. The van der Waals surface area contributed by atoms with Crippen LogP contribution in [0.2, 0.25) is 15.1 Å². The number of nitrogens with zero attached hydrogens (tertiary/aromatic N) is 3. The molecule has 4 N–H and O–H groups in total. The van der Waals surface area contributed by atoms with Crippen molar-refractivity contribution < 1.29 is 0 Å². The average Bonchev–Trinajstić information content (AvgIpc) is 3.07. The minimum absolute atomic E-state index is 0.396. The van der Waals surface area contributed by atoms with Gasteiger partial charge >= 0.3 is 0 Å². The first-order chi connectivity index (χ1) is 11.5. The predicted octanol–water partition coefficient (Wildman–Crippen LogP) is 4.59. The molecule has 0 atom stereocenters. The number of halogens is 3. The van der Waals surface area contributed by atoms with Gasteiger partial charge in [0, 0.05) is 5.02 Å². The van der Waals surface area contributed by atoms with Gasteiger partial charge in [-0.2, -0.15) is 5.12 Å². The molecule has 0 radical (unpaired) electrons. The molecule has 0 fully saturated rings. The zero-order valence-electron chi connectivity index (χ0n) is 12.1. The monoisotopic (exact) mass is 380 g/mol. The maximum atomic E-state index is 6.24. The van der Waals surface area contributed by atoms with Gasteiger partial charge in [0.25, 0.3) is 0 Å². The largest absolute Gasteiger partial charge is 0.382 e. The Bertz CT molecular complexity index is 901. The molecule has 0 amide bonds. The van der Waals surface area contributed by atoms with Gasteiger partial charge in [0.1, 0.15) is 11.4 Å². The lowest BCUT2D eigenvalue weighted by molar-refractivity contribution is 0.883. The molecule has 24 heavy (non-hydrogen) atoms. The molecule has 1 aliphatic rings. The normalized spacial score (nSPS) is 12.7. The van der Waals surface area contributed by atoms with Crippen LogP contribution in [0.4, 0.5) is 23.0 Å². The SMILES string of the molecule is Nc1c2c(nn1-c1ccccc1)NN(c1c(Cl)cc(Cl)cc1Cl)N2. The van der Waals surface area contributed by atoms with Crippen molar-refractivity contribution in [2.24, 2.45) is 0 Å². The molecule has 122 valence electrons. The van der Waals surface area contributed by atoms with Gasteiger partial charge in [0.05, 0.1) is 15.7 Å². The highest BCUT2D eigenvalue weighted by atomic mass is 35.5. The molecule has 0 bridgehead atoms. The number of benzene rings is 2. The fourth-order valence-electron chi connectivity index (χ4n) is 2.49. The molecule has 1 aliphatic heterocycles. The molecular weight excluding hydrogens is 371 g/mol. The van der Waals surface area contributed by atoms with Crippen LogP contribution < -0.4 is 21.7 Å². The molecule has 9 heteroatoms. The molecule has 0 saturated heterocycles. The summed E-state index contributed by atoms with van der Waals surface area (Å²) in [7, 11) is 0. The average molecular weight is 382 g/mol. The first-order valence-electron chi connectivity index (χ1n) is 6.96. The lowest BCUT2D eigenvalue weighted by Gasteiger charge is -2.22. The summed E-state index contributed by atoms with van der Waals surface area (Å²) in [6, 6.07) is 12.8. The first kappa shape index (κ1) is 15.3. The van der Waals surface area contributed by atoms with E-state index in [4.69, 9.17) is 40.5 Å². The second-order valence-corrected chi connectivity index (χ2v) is 6.38. The Morgan fingerprint density at radius 3 is 2.25 bits per heavy atom. The number of aromatic nitrogens is 2. The lowest BCUT2D eigenvalue weighted by atomic mass is 10.3. The number of anilines is 4. The Morgan fingerprint density at radius 1 is 0.958 bits per heavy atom. The van der Waals surface area contributed by atoms with E-state index in [-0.39, 0.29) is 0 Å². The number of hydrazine groups is 2. The number of nitrogens with two attached hydrogens (primary N) is 1. The maximum absolute atomic E-state index is 6.24. The molecule has 0 saturated carbocycles. The fourth-order valence-corrected chi connectivity index (χ4v) is 3.48. The van der Waals surface area contributed by atoms with E-state index in [0.717, 1.165) is 5.69 Å². The van der Waals surface area contributed by atoms with Crippen LogP contribution >= 0.6 is 34.8 Å². The van der Waals surface area contributed by atoms with Gasteiger partial charge in [0.2, 0.25) is 0 Å². The van der Waals surface area contributed by atoms with Gasteiger partial charge in [-0.1, -0.05) is 53.0 Å². The van der Waals surface area contributed by atoms with E-state index in [1.165, 1.54) is 0 Å². The van der Waals surface area contributed by atoms with Crippen LogP contribution in [-0.4, -0.2) is 9.78 Å². The predicted molar refractivity (Wildman–Crippen MR) is 99.2 cm³/mol. The van der Waals surface area contributed by atoms with Crippen molar-refractivity contribution in [1.82, 2.24) is 9.78 Å². The highest BCUT2D eigenvalue weighted by molar-refractivity contribution is 6.42. The van der Waals surface area contributed by atoms with Crippen LogP contribution in [0.1, 0.15) is 0 Å². The summed E-state index contributed by atoms with van der Waals surface area (Å²) in [4.78, 5) is 0. The molecule has 1 aromatic heterocycles. The third-order valence-corrected chi connectivity index (χ3v) is 4.36. The number of fused-ring (bicyclic) bond motifs is 1. The highest BCUT2D eigenvalue weighted by Gasteiger charge is 2.29. The van der Waals surface area contributed by atoms with Crippen LogP contribution in [0.15, 0.2) is 42.5 Å². The van der Waals surface area contributed by atoms with Gasteiger partial charge in [0.15, 0.2) is 11.6 Å². The maximum Gasteiger partial charge on any atom is 0.196 e. The Labute approximate surface area is 152 Å². The van der Waals surface area contributed by atoms with Gasteiger partial charge in [-0.15, -0.1) is 5.10 Å². The Kier molecular flexibility index (Phi) is 3.60. The standard InChI is InChI=1S/C15H11Cl3N6/c16-8-6-10(17)13(11(18)7-8)24-20-12-14(19)23(21-15(12)22-24)9-4-2-1-3-5-9/h1-7,20H,19H2,(H,21,22). The number of para-hydroxylation sites is 1. The van der Waals surface area contributed by atoms with Crippen LogP contribution in [-0.2, 0) is 0 Å². The van der Waals surface area contributed by atoms with Crippen molar-refractivity contribution in [3.8, 4) is 5.69 Å². The third kappa shape index (κ3) is 2.39. The number of rotatable bonds is 2. The molecule has 2 heterocycles. The van der Waals surface area contributed by atoms with Crippen molar-refractivity contribution in [2.45, 2.75) is 0 Å². The summed E-state index contributed by atoms with van der Waals surface area (Å²) in [5.41, 5.74) is 14.4. The van der Waals surface area contributed by atoms with E-state index < -0.39 is 0 Å². The third-order valence-electron chi connectivity index (χ3n) is 3.57. The van der Waals surface area contributed by atoms with Gasteiger partial charge in [-0.25, -0.2) is 4.68 Å². The van der Waals surface area contributed by atoms with E-state index in [9.17, 15) is 0 Å². The zero-order chi connectivity index (χ0) is 16.8. The second kappa shape index (κ2) is 5.66. The van der Waals surface area contributed by atoms with Crippen molar-refractivity contribution in [3.63, 3.8) is 0 Å². The van der Waals surface area contributed by atoms with Crippen LogP contribution in [0.3, 0.4) is 0 Å². The van der Waals surface area contributed by atoms with Crippen molar-refractivity contribution in [3.05, 3.63) is 57.5 Å². The fraction of sp³-hybridized carbons (Fsp3) is 0. The Hall–Kier alpha value is -2.28. The van der Waals surface area contributed by atoms with E-state index in [2.05, 4.69) is 16.0 Å². The van der Waals surface area contributed by atoms with E-state index in [0.29, 0.717) is 38.1 Å². The van der Waals surface area contributed by atoms with E-state index >= 15 is 0 Å². The zero-order valence-corrected chi connectivity index (χ0v) is 14.4. The first-order valence-corrected chi connectivity index (χ1v) is 8.10. The smallest absolute Gasteiger partial charge is 0.196 e. The summed E-state index contributed by atoms with van der Waals surface area (Å²) in [6.07, 6.45) is 0. The summed E-state index contributed by atoms with van der Waals surface area (Å²) in [6.45, 7) is 0. The van der Waals surface area contributed by atoms with E-state index in [1.54, 1.807) is 21.9 Å². The summed E-state index contributed by atoms with van der Waals surface area (Å²) >= 11 is 18.4. The Morgan fingerprint density at radius 2 is 1.62 bits per heavy atom. The summed E-state index contributed by atoms with van der Waals surface area (Å²) in [5.74, 6) is 1.03. The summed E-state index contributed by atoms with van der Waals surface area (Å²) < 4.78 is 1.65. The number of hydrogen-bond donors (Lipinski definition) is 3. The summed E-state index contributed by atoms with van der Waals surface area (Å²) in [5, 5.41) is 7.29.